The van der Waals surface area contributed by atoms with Gasteiger partial charge in [0.1, 0.15) is 4.21 Å². The predicted molar refractivity (Wildman–Crippen MR) is 83.7 cm³/mol. The summed E-state index contributed by atoms with van der Waals surface area (Å²) in [6, 6.07) is 7.23. The lowest BCUT2D eigenvalue weighted by molar-refractivity contribution is 0.603. The number of nitrogens with one attached hydrogen (secondary N) is 1. The van der Waals surface area contributed by atoms with Crippen LogP contribution in [0.5, 0.6) is 0 Å². The first-order valence-corrected chi connectivity index (χ1v) is 8.53. The summed E-state index contributed by atoms with van der Waals surface area (Å²) in [6.07, 6.45) is 0. The number of aryl methyl sites for hydroxylation is 2. The van der Waals surface area contributed by atoms with E-state index < -0.39 is 10.0 Å². The van der Waals surface area contributed by atoms with E-state index in [4.69, 9.17) is 5.73 Å². The molecule has 0 amide bonds. The summed E-state index contributed by atoms with van der Waals surface area (Å²) in [5.41, 5.74) is 9.12. The Morgan fingerprint density at radius 3 is 2.50 bits per heavy atom. The first-order chi connectivity index (χ1) is 9.35. The summed E-state index contributed by atoms with van der Waals surface area (Å²) in [4.78, 5) is 0.895. The van der Waals surface area contributed by atoms with Crippen molar-refractivity contribution in [3.8, 4) is 0 Å². The van der Waals surface area contributed by atoms with E-state index in [-0.39, 0.29) is 0 Å². The molecule has 108 valence electrons. The molecule has 6 heteroatoms. The molecule has 2 aromatic rings. The second kappa shape index (κ2) is 5.55. The average molecular weight is 310 g/mol. The van der Waals surface area contributed by atoms with Crippen LogP contribution < -0.4 is 10.5 Å². The van der Waals surface area contributed by atoms with Crippen molar-refractivity contribution in [3.63, 3.8) is 0 Å². The monoisotopic (exact) mass is 310 g/mol. The number of rotatable bonds is 4. The van der Waals surface area contributed by atoms with Crippen LogP contribution in [0.15, 0.2) is 28.5 Å². The van der Waals surface area contributed by atoms with Gasteiger partial charge in [0.05, 0.1) is 5.69 Å². The van der Waals surface area contributed by atoms with Crippen molar-refractivity contribution in [1.29, 1.82) is 0 Å². The zero-order chi connectivity index (χ0) is 14.9. The molecule has 0 aliphatic carbocycles. The van der Waals surface area contributed by atoms with Crippen molar-refractivity contribution in [3.05, 3.63) is 45.8 Å². The molecule has 0 unspecified atom stereocenters. The molecule has 2 rings (SSSR count). The van der Waals surface area contributed by atoms with Gasteiger partial charge in [0.25, 0.3) is 10.0 Å². The minimum Gasteiger partial charge on any atom is -0.326 e. The van der Waals surface area contributed by atoms with E-state index in [0.29, 0.717) is 16.4 Å². The minimum atomic E-state index is -3.55. The molecular formula is C14H18N2O2S2. The maximum atomic E-state index is 12.4. The lowest BCUT2D eigenvalue weighted by Gasteiger charge is -2.10. The smallest absolute Gasteiger partial charge is 0.271 e. The quantitative estimate of drug-likeness (QED) is 0.912. The number of benzene rings is 1. The normalized spacial score (nSPS) is 11.6. The lowest BCUT2D eigenvalue weighted by atomic mass is 10.1. The van der Waals surface area contributed by atoms with Crippen LogP contribution in [0.4, 0.5) is 5.69 Å². The Kier molecular flexibility index (Phi) is 4.17. The van der Waals surface area contributed by atoms with Gasteiger partial charge in [0, 0.05) is 11.4 Å². The Labute approximate surface area is 123 Å². The van der Waals surface area contributed by atoms with Crippen molar-refractivity contribution in [2.45, 2.75) is 31.5 Å². The molecule has 3 N–H and O–H groups in total. The van der Waals surface area contributed by atoms with Crippen LogP contribution in [0.3, 0.4) is 0 Å². The van der Waals surface area contributed by atoms with Crippen molar-refractivity contribution in [2.24, 2.45) is 5.73 Å². The molecule has 0 saturated carbocycles. The van der Waals surface area contributed by atoms with Crippen LogP contribution in [0, 0.1) is 20.8 Å². The van der Waals surface area contributed by atoms with E-state index in [1.54, 1.807) is 12.1 Å². The molecular weight excluding hydrogens is 292 g/mol. The summed E-state index contributed by atoms with van der Waals surface area (Å²) >= 11 is 1.22. The van der Waals surface area contributed by atoms with Gasteiger partial charge in [-0.2, -0.15) is 0 Å². The minimum absolute atomic E-state index is 0.302. The first kappa shape index (κ1) is 15.0. The standard InChI is InChI=1S/C14H18N2O2S2/c1-9-5-4-6-12(11(9)3)16-20(17,18)14-7-10(2)13(8-15)19-14/h4-7,16H,8,15H2,1-3H3. The second-order valence-corrected chi connectivity index (χ2v) is 7.77. The fourth-order valence-electron chi connectivity index (χ4n) is 1.88. The maximum absolute atomic E-state index is 12.4. The molecule has 0 spiro atoms. The van der Waals surface area contributed by atoms with Gasteiger partial charge in [0.15, 0.2) is 0 Å². The van der Waals surface area contributed by atoms with E-state index >= 15 is 0 Å². The Morgan fingerprint density at radius 1 is 1.20 bits per heavy atom. The molecule has 0 aliphatic heterocycles. The van der Waals surface area contributed by atoms with Crippen molar-refractivity contribution in [1.82, 2.24) is 0 Å². The number of nitrogens with two attached hydrogens (primary N) is 1. The van der Waals surface area contributed by atoms with E-state index in [9.17, 15) is 8.42 Å². The highest BCUT2D eigenvalue weighted by Gasteiger charge is 2.19. The van der Waals surface area contributed by atoms with E-state index in [2.05, 4.69) is 4.72 Å². The van der Waals surface area contributed by atoms with Gasteiger partial charge in [-0.25, -0.2) is 8.42 Å². The number of thiophene rings is 1. The van der Waals surface area contributed by atoms with Gasteiger partial charge in [-0.3, -0.25) is 4.72 Å². The van der Waals surface area contributed by atoms with Gasteiger partial charge in [-0.15, -0.1) is 11.3 Å². The fraction of sp³-hybridized carbons (Fsp3) is 0.286. The number of hydrogen-bond donors (Lipinski definition) is 2. The highest BCUT2D eigenvalue weighted by molar-refractivity contribution is 7.94. The van der Waals surface area contributed by atoms with Crippen LogP contribution in [0.25, 0.3) is 0 Å². The van der Waals surface area contributed by atoms with Crippen LogP contribution in [0.1, 0.15) is 21.6 Å². The first-order valence-electron chi connectivity index (χ1n) is 6.23. The van der Waals surface area contributed by atoms with Gasteiger partial charge >= 0.3 is 0 Å². The fourth-order valence-corrected chi connectivity index (χ4v) is 4.47. The highest BCUT2D eigenvalue weighted by atomic mass is 32.2. The molecule has 0 fully saturated rings. The highest BCUT2D eigenvalue weighted by Crippen LogP contribution is 2.28. The third kappa shape index (κ3) is 2.87. The Hall–Kier alpha value is -1.37. The van der Waals surface area contributed by atoms with Crippen molar-refractivity contribution >= 4 is 27.0 Å². The summed E-state index contributed by atoms with van der Waals surface area (Å²) in [5.74, 6) is 0. The Bertz CT molecular complexity index is 734. The van der Waals surface area contributed by atoms with Crippen LogP contribution in [0.2, 0.25) is 0 Å². The van der Waals surface area contributed by atoms with Crippen molar-refractivity contribution in [2.75, 3.05) is 4.72 Å². The van der Waals surface area contributed by atoms with E-state index in [1.807, 2.05) is 32.9 Å². The number of sulfonamides is 1. The number of hydrogen-bond acceptors (Lipinski definition) is 4. The zero-order valence-electron chi connectivity index (χ0n) is 11.7. The zero-order valence-corrected chi connectivity index (χ0v) is 13.4. The van der Waals surface area contributed by atoms with E-state index in [0.717, 1.165) is 21.6 Å². The largest absolute Gasteiger partial charge is 0.326 e. The Balaban J connectivity index is 2.38. The molecule has 0 bridgehead atoms. The molecule has 4 nitrogen and oxygen atoms in total. The van der Waals surface area contributed by atoms with Gasteiger partial charge < -0.3 is 5.73 Å². The third-order valence-electron chi connectivity index (χ3n) is 3.30. The molecule has 1 aromatic carbocycles. The van der Waals surface area contributed by atoms with E-state index in [1.165, 1.54) is 11.3 Å². The average Bonchev–Trinajstić information content (AvgIpc) is 2.77. The lowest BCUT2D eigenvalue weighted by Crippen LogP contribution is -2.12. The topological polar surface area (TPSA) is 72.2 Å². The summed E-state index contributed by atoms with van der Waals surface area (Å²) in [5, 5.41) is 0. The molecule has 1 heterocycles. The van der Waals surface area contributed by atoms with Gasteiger partial charge in [-0.05, 0) is 49.6 Å². The molecule has 0 saturated heterocycles. The van der Waals surface area contributed by atoms with Gasteiger partial charge in [0.2, 0.25) is 0 Å². The van der Waals surface area contributed by atoms with Gasteiger partial charge in [-0.1, -0.05) is 12.1 Å². The van der Waals surface area contributed by atoms with Crippen LogP contribution >= 0.6 is 11.3 Å². The van der Waals surface area contributed by atoms with Crippen LogP contribution in [-0.2, 0) is 16.6 Å². The van der Waals surface area contributed by atoms with Crippen molar-refractivity contribution < 1.29 is 8.42 Å². The molecule has 0 atom stereocenters. The summed E-state index contributed by atoms with van der Waals surface area (Å²) < 4.78 is 27.8. The summed E-state index contributed by atoms with van der Waals surface area (Å²) in [6.45, 7) is 6.08. The molecule has 0 aliphatic rings. The maximum Gasteiger partial charge on any atom is 0.271 e. The molecule has 20 heavy (non-hydrogen) atoms. The SMILES string of the molecule is Cc1cc(S(=O)(=O)Nc2cccc(C)c2C)sc1CN. The summed E-state index contributed by atoms with van der Waals surface area (Å²) in [7, 11) is -3.55. The second-order valence-electron chi connectivity index (χ2n) is 4.73. The number of anilines is 1. The van der Waals surface area contributed by atoms with Crippen LogP contribution in [-0.4, -0.2) is 8.42 Å². The molecule has 0 radical (unpaired) electrons. The predicted octanol–water partition coefficient (Wildman–Crippen LogP) is 2.93. The Morgan fingerprint density at radius 2 is 1.90 bits per heavy atom. The third-order valence-corrected chi connectivity index (χ3v) is 6.40. The molecule has 1 aromatic heterocycles.